The van der Waals surface area contributed by atoms with E-state index in [0.717, 1.165) is 5.56 Å². The van der Waals surface area contributed by atoms with Gasteiger partial charge in [-0.15, -0.1) is 12.4 Å². The molecule has 0 aliphatic carbocycles. The molecule has 0 saturated carbocycles. The third kappa shape index (κ3) is 3.27. The second-order valence-corrected chi connectivity index (χ2v) is 3.37. The summed E-state index contributed by atoms with van der Waals surface area (Å²) in [7, 11) is 3.15. The molecule has 1 aromatic rings. The summed E-state index contributed by atoms with van der Waals surface area (Å²) < 4.78 is 10.3. The Labute approximate surface area is 102 Å². The Balaban J connectivity index is 0.00000225. The number of ether oxygens (including phenoxy) is 2. The number of rotatable bonds is 4. The standard InChI is InChI=1S/C11H17NO3.ClH/c1-7(13)11(12)9-5-4-8(14-2)6-10(9)15-3;/h4-7,11,13H,12H2,1-3H3;1H/t7-,11-;/m1./s1. The lowest BCUT2D eigenvalue weighted by Gasteiger charge is -2.18. The number of aliphatic hydroxyl groups is 1. The minimum Gasteiger partial charge on any atom is -0.497 e. The Morgan fingerprint density at radius 2 is 1.88 bits per heavy atom. The lowest BCUT2D eigenvalue weighted by molar-refractivity contribution is 0.162. The van der Waals surface area contributed by atoms with Gasteiger partial charge in [0, 0.05) is 11.6 Å². The Morgan fingerprint density at radius 3 is 2.31 bits per heavy atom. The summed E-state index contributed by atoms with van der Waals surface area (Å²) in [5.41, 5.74) is 6.61. The fourth-order valence-electron chi connectivity index (χ4n) is 1.35. The van der Waals surface area contributed by atoms with E-state index in [2.05, 4.69) is 0 Å². The van der Waals surface area contributed by atoms with Crippen molar-refractivity contribution in [3.8, 4) is 11.5 Å². The summed E-state index contributed by atoms with van der Waals surface area (Å²) >= 11 is 0. The normalized spacial score (nSPS) is 13.6. The lowest BCUT2D eigenvalue weighted by Crippen LogP contribution is -2.23. The van der Waals surface area contributed by atoms with E-state index in [4.69, 9.17) is 15.2 Å². The molecule has 4 nitrogen and oxygen atoms in total. The predicted octanol–water partition coefficient (Wildman–Crippen LogP) is 1.51. The van der Waals surface area contributed by atoms with Crippen LogP contribution in [0.15, 0.2) is 18.2 Å². The zero-order chi connectivity index (χ0) is 11.4. The van der Waals surface area contributed by atoms with Crippen LogP contribution >= 0.6 is 12.4 Å². The van der Waals surface area contributed by atoms with Crippen LogP contribution < -0.4 is 15.2 Å². The van der Waals surface area contributed by atoms with Gasteiger partial charge in [0.2, 0.25) is 0 Å². The number of hydrogen-bond donors (Lipinski definition) is 2. The van der Waals surface area contributed by atoms with Crippen LogP contribution in [0.5, 0.6) is 11.5 Å². The Morgan fingerprint density at radius 1 is 1.25 bits per heavy atom. The molecule has 0 unspecified atom stereocenters. The van der Waals surface area contributed by atoms with Crippen LogP contribution in [0.4, 0.5) is 0 Å². The summed E-state index contributed by atoms with van der Waals surface area (Å²) in [5, 5.41) is 9.41. The maximum atomic E-state index is 9.41. The average Bonchev–Trinajstić information content (AvgIpc) is 2.27. The van der Waals surface area contributed by atoms with Gasteiger partial charge in [-0.25, -0.2) is 0 Å². The van der Waals surface area contributed by atoms with Crippen molar-refractivity contribution in [3.05, 3.63) is 23.8 Å². The molecule has 0 aliphatic rings. The summed E-state index contributed by atoms with van der Waals surface area (Å²) in [6.45, 7) is 1.65. The van der Waals surface area contributed by atoms with Gasteiger partial charge in [-0.2, -0.15) is 0 Å². The van der Waals surface area contributed by atoms with Crippen molar-refractivity contribution in [3.63, 3.8) is 0 Å². The second kappa shape index (κ2) is 6.58. The van der Waals surface area contributed by atoms with Crippen LogP contribution in [0.3, 0.4) is 0 Å². The first-order valence-electron chi connectivity index (χ1n) is 4.75. The Bertz CT molecular complexity index is 331. The molecule has 92 valence electrons. The SMILES string of the molecule is COc1ccc([C@H](N)[C@@H](C)O)c(OC)c1.Cl. The smallest absolute Gasteiger partial charge is 0.127 e. The molecule has 1 rings (SSSR count). The van der Waals surface area contributed by atoms with Gasteiger partial charge in [-0.3, -0.25) is 0 Å². The van der Waals surface area contributed by atoms with Crippen molar-refractivity contribution >= 4 is 12.4 Å². The van der Waals surface area contributed by atoms with Crippen LogP contribution in [0.1, 0.15) is 18.5 Å². The molecule has 0 fully saturated rings. The van der Waals surface area contributed by atoms with E-state index >= 15 is 0 Å². The topological polar surface area (TPSA) is 64.7 Å². The van der Waals surface area contributed by atoms with Gasteiger partial charge in [-0.05, 0) is 19.1 Å². The third-order valence-corrected chi connectivity index (χ3v) is 2.32. The van der Waals surface area contributed by atoms with Crippen LogP contribution in [-0.2, 0) is 0 Å². The number of methoxy groups -OCH3 is 2. The number of hydrogen-bond acceptors (Lipinski definition) is 4. The highest BCUT2D eigenvalue weighted by Crippen LogP contribution is 2.29. The first kappa shape index (κ1) is 15.0. The monoisotopic (exact) mass is 247 g/mol. The molecule has 0 heterocycles. The first-order valence-corrected chi connectivity index (χ1v) is 4.75. The molecule has 2 atom stereocenters. The molecule has 1 aromatic carbocycles. The van der Waals surface area contributed by atoms with E-state index in [0.29, 0.717) is 11.5 Å². The minimum absolute atomic E-state index is 0. The number of nitrogens with two attached hydrogens (primary N) is 1. The van der Waals surface area contributed by atoms with Crippen LogP contribution in [0, 0.1) is 0 Å². The minimum atomic E-state index is -0.618. The molecule has 0 saturated heterocycles. The molecule has 0 aromatic heterocycles. The Kier molecular flexibility index (Phi) is 6.18. The van der Waals surface area contributed by atoms with Crippen molar-refractivity contribution < 1.29 is 14.6 Å². The van der Waals surface area contributed by atoms with Gasteiger partial charge in [0.05, 0.1) is 26.4 Å². The maximum Gasteiger partial charge on any atom is 0.127 e. The third-order valence-electron chi connectivity index (χ3n) is 2.32. The largest absolute Gasteiger partial charge is 0.497 e. The molecule has 0 spiro atoms. The van der Waals surface area contributed by atoms with Gasteiger partial charge >= 0.3 is 0 Å². The highest BCUT2D eigenvalue weighted by molar-refractivity contribution is 5.85. The van der Waals surface area contributed by atoms with Gasteiger partial charge < -0.3 is 20.3 Å². The zero-order valence-corrected chi connectivity index (χ0v) is 10.5. The van der Waals surface area contributed by atoms with E-state index in [1.165, 1.54) is 0 Å². The predicted molar refractivity (Wildman–Crippen MR) is 65.4 cm³/mol. The zero-order valence-electron chi connectivity index (χ0n) is 9.64. The van der Waals surface area contributed by atoms with Gasteiger partial charge in [-0.1, -0.05) is 0 Å². The van der Waals surface area contributed by atoms with E-state index in [-0.39, 0.29) is 12.4 Å². The quantitative estimate of drug-likeness (QED) is 0.847. The molecule has 3 N–H and O–H groups in total. The van der Waals surface area contributed by atoms with E-state index in [1.54, 1.807) is 39.3 Å². The highest BCUT2D eigenvalue weighted by atomic mass is 35.5. The maximum absolute atomic E-state index is 9.41. The van der Waals surface area contributed by atoms with Crippen molar-refractivity contribution in [2.45, 2.75) is 19.1 Å². The molecule has 0 aliphatic heterocycles. The van der Waals surface area contributed by atoms with Crippen molar-refractivity contribution in [1.29, 1.82) is 0 Å². The molecular weight excluding hydrogens is 230 g/mol. The van der Waals surface area contributed by atoms with Crippen LogP contribution in [0.25, 0.3) is 0 Å². The molecule has 16 heavy (non-hydrogen) atoms. The number of halogens is 1. The molecule has 5 heteroatoms. The fourth-order valence-corrected chi connectivity index (χ4v) is 1.35. The highest BCUT2D eigenvalue weighted by Gasteiger charge is 2.16. The number of benzene rings is 1. The van der Waals surface area contributed by atoms with Crippen LogP contribution in [-0.4, -0.2) is 25.4 Å². The molecule has 0 amide bonds. The first-order chi connectivity index (χ1) is 7.10. The van der Waals surface area contributed by atoms with Gasteiger partial charge in [0.1, 0.15) is 11.5 Å². The number of aliphatic hydroxyl groups excluding tert-OH is 1. The summed E-state index contributed by atoms with van der Waals surface area (Å²) in [6, 6.07) is 4.89. The fraction of sp³-hybridized carbons (Fsp3) is 0.455. The van der Waals surface area contributed by atoms with Crippen molar-refractivity contribution in [2.24, 2.45) is 5.73 Å². The van der Waals surface area contributed by atoms with E-state index in [1.807, 2.05) is 0 Å². The molecular formula is C11H18ClNO3. The Hall–Kier alpha value is -0.970. The van der Waals surface area contributed by atoms with Gasteiger partial charge in [0.15, 0.2) is 0 Å². The van der Waals surface area contributed by atoms with Crippen molar-refractivity contribution in [1.82, 2.24) is 0 Å². The summed E-state index contributed by atoms with van der Waals surface area (Å²) in [4.78, 5) is 0. The average molecular weight is 248 g/mol. The van der Waals surface area contributed by atoms with Crippen molar-refractivity contribution in [2.75, 3.05) is 14.2 Å². The van der Waals surface area contributed by atoms with E-state index < -0.39 is 12.1 Å². The summed E-state index contributed by atoms with van der Waals surface area (Å²) in [5.74, 6) is 1.33. The molecule has 0 bridgehead atoms. The second-order valence-electron chi connectivity index (χ2n) is 3.37. The van der Waals surface area contributed by atoms with Crippen LogP contribution in [0.2, 0.25) is 0 Å². The lowest BCUT2D eigenvalue weighted by atomic mass is 10.0. The summed E-state index contributed by atoms with van der Waals surface area (Å²) in [6.07, 6.45) is -0.618. The van der Waals surface area contributed by atoms with E-state index in [9.17, 15) is 5.11 Å². The van der Waals surface area contributed by atoms with Gasteiger partial charge in [0.25, 0.3) is 0 Å². The molecule has 0 radical (unpaired) electrons.